The molecule has 56 valence electrons. The molecular formula is C6H10ClN3. The summed E-state index contributed by atoms with van der Waals surface area (Å²) in [4.78, 5) is 3.93. The zero-order chi connectivity index (χ0) is 7.56. The molecule has 10 heavy (non-hydrogen) atoms. The standard InChI is InChI=1S/C6H10ClN3/c1-4-5(7)3-9-6(8-2)10-4/h3H2,1-2H3,(H2,8,9,10). The lowest BCUT2D eigenvalue weighted by Crippen LogP contribution is -2.41. The topological polar surface area (TPSA) is 36.4 Å². The number of hydrogen-bond donors (Lipinski definition) is 2. The van der Waals surface area contributed by atoms with Gasteiger partial charge in [0.25, 0.3) is 0 Å². The lowest BCUT2D eigenvalue weighted by molar-refractivity contribution is 0.874. The maximum absolute atomic E-state index is 5.79. The minimum Gasteiger partial charge on any atom is -0.351 e. The summed E-state index contributed by atoms with van der Waals surface area (Å²) in [7, 11) is 1.72. The Hall–Kier alpha value is -0.700. The monoisotopic (exact) mass is 159 g/mol. The van der Waals surface area contributed by atoms with E-state index in [9.17, 15) is 0 Å². The smallest absolute Gasteiger partial charge is 0.195 e. The van der Waals surface area contributed by atoms with E-state index in [1.165, 1.54) is 0 Å². The molecule has 2 N–H and O–H groups in total. The molecular weight excluding hydrogens is 150 g/mol. The first-order valence-electron chi connectivity index (χ1n) is 3.07. The quantitative estimate of drug-likeness (QED) is 0.544. The molecule has 0 amide bonds. The molecule has 0 saturated carbocycles. The van der Waals surface area contributed by atoms with Crippen molar-refractivity contribution >= 4 is 17.6 Å². The van der Waals surface area contributed by atoms with Gasteiger partial charge in [-0.05, 0) is 6.92 Å². The van der Waals surface area contributed by atoms with E-state index in [-0.39, 0.29) is 0 Å². The van der Waals surface area contributed by atoms with Gasteiger partial charge in [-0.2, -0.15) is 0 Å². The van der Waals surface area contributed by atoms with Gasteiger partial charge in [0.1, 0.15) is 0 Å². The SMILES string of the molecule is CN=C1NCC(Cl)=C(C)N1. The van der Waals surface area contributed by atoms with E-state index >= 15 is 0 Å². The van der Waals surface area contributed by atoms with Crippen LogP contribution in [0.15, 0.2) is 15.7 Å². The molecule has 1 aliphatic heterocycles. The Morgan fingerprint density at radius 3 is 2.80 bits per heavy atom. The molecule has 0 radical (unpaired) electrons. The molecule has 1 rings (SSSR count). The summed E-state index contributed by atoms with van der Waals surface area (Å²) < 4.78 is 0. The Morgan fingerprint density at radius 1 is 1.60 bits per heavy atom. The normalized spacial score (nSPS) is 22.5. The fourth-order valence-corrected chi connectivity index (χ4v) is 0.833. The zero-order valence-electron chi connectivity index (χ0n) is 6.03. The second-order valence-corrected chi connectivity index (χ2v) is 2.54. The maximum Gasteiger partial charge on any atom is 0.195 e. The fourth-order valence-electron chi connectivity index (χ4n) is 0.718. The first-order valence-corrected chi connectivity index (χ1v) is 3.44. The Kier molecular flexibility index (Phi) is 2.17. The molecule has 1 heterocycles. The molecule has 0 aromatic rings. The largest absolute Gasteiger partial charge is 0.351 e. The molecule has 0 unspecified atom stereocenters. The average molecular weight is 160 g/mol. The highest BCUT2D eigenvalue weighted by Crippen LogP contribution is 2.07. The highest BCUT2D eigenvalue weighted by molar-refractivity contribution is 6.30. The Labute approximate surface area is 65.2 Å². The van der Waals surface area contributed by atoms with Gasteiger partial charge in [-0.3, -0.25) is 4.99 Å². The molecule has 0 saturated heterocycles. The van der Waals surface area contributed by atoms with Crippen LogP contribution < -0.4 is 10.6 Å². The maximum atomic E-state index is 5.79. The summed E-state index contributed by atoms with van der Waals surface area (Å²) in [6.07, 6.45) is 0. The van der Waals surface area contributed by atoms with Crippen LogP contribution in [0, 0.1) is 0 Å². The number of aliphatic imine (C=N–C) groups is 1. The van der Waals surface area contributed by atoms with E-state index in [4.69, 9.17) is 11.6 Å². The van der Waals surface area contributed by atoms with E-state index in [0.29, 0.717) is 6.54 Å². The average Bonchev–Trinajstić information content (AvgIpc) is 1.95. The summed E-state index contributed by atoms with van der Waals surface area (Å²) in [6.45, 7) is 2.60. The van der Waals surface area contributed by atoms with E-state index in [0.717, 1.165) is 16.7 Å². The summed E-state index contributed by atoms with van der Waals surface area (Å²) in [6, 6.07) is 0. The van der Waals surface area contributed by atoms with Crippen molar-refractivity contribution in [3.05, 3.63) is 10.7 Å². The minimum atomic E-state index is 0.674. The molecule has 3 nitrogen and oxygen atoms in total. The van der Waals surface area contributed by atoms with Crippen LogP contribution >= 0.6 is 11.6 Å². The summed E-state index contributed by atoms with van der Waals surface area (Å²) >= 11 is 5.79. The number of rotatable bonds is 0. The second kappa shape index (κ2) is 2.92. The van der Waals surface area contributed by atoms with Crippen LogP contribution in [0.3, 0.4) is 0 Å². The first-order chi connectivity index (χ1) is 4.74. The van der Waals surface area contributed by atoms with Gasteiger partial charge in [0.15, 0.2) is 5.96 Å². The van der Waals surface area contributed by atoms with Crippen LogP contribution in [0.4, 0.5) is 0 Å². The molecule has 0 spiro atoms. The zero-order valence-corrected chi connectivity index (χ0v) is 6.79. The molecule has 0 atom stereocenters. The first kappa shape index (κ1) is 7.41. The van der Waals surface area contributed by atoms with Crippen molar-refractivity contribution in [1.29, 1.82) is 0 Å². The highest BCUT2D eigenvalue weighted by atomic mass is 35.5. The highest BCUT2D eigenvalue weighted by Gasteiger charge is 2.08. The molecule has 0 aliphatic carbocycles. The fraction of sp³-hybridized carbons (Fsp3) is 0.500. The van der Waals surface area contributed by atoms with Crippen LogP contribution in [0.1, 0.15) is 6.92 Å². The van der Waals surface area contributed by atoms with E-state index in [1.807, 2.05) is 6.92 Å². The van der Waals surface area contributed by atoms with Gasteiger partial charge in [0.2, 0.25) is 0 Å². The third-order valence-electron chi connectivity index (χ3n) is 1.35. The van der Waals surface area contributed by atoms with E-state index in [2.05, 4.69) is 15.6 Å². The summed E-state index contributed by atoms with van der Waals surface area (Å²) in [5.74, 6) is 0.780. The van der Waals surface area contributed by atoms with Crippen molar-refractivity contribution in [3.63, 3.8) is 0 Å². The molecule has 0 fully saturated rings. The van der Waals surface area contributed by atoms with Crippen molar-refractivity contribution in [2.45, 2.75) is 6.92 Å². The lowest BCUT2D eigenvalue weighted by atomic mass is 10.4. The van der Waals surface area contributed by atoms with Crippen molar-refractivity contribution in [2.75, 3.05) is 13.6 Å². The van der Waals surface area contributed by atoms with Gasteiger partial charge in [-0.15, -0.1) is 0 Å². The molecule has 0 bridgehead atoms. The summed E-state index contributed by atoms with van der Waals surface area (Å²) in [5.41, 5.74) is 0.973. The van der Waals surface area contributed by atoms with Gasteiger partial charge in [-0.25, -0.2) is 0 Å². The van der Waals surface area contributed by atoms with Crippen LogP contribution in [-0.4, -0.2) is 19.6 Å². The van der Waals surface area contributed by atoms with Crippen molar-refractivity contribution in [2.24, 2.45) is 4.99 Å². The number of hydrogen-bond acceptors (Lipinski definition) is 1. The van der Waals surface area contributed by atoms with Gasteiger partial charge < -0.3 is 10.6 Å². The Morgan fingerprint density at radius 2 is 2.30 bits per heavy atom. The van der Waals surface area contributed by atoms with E-state index in [1.54, 1.807) is 7.05 Å². The van der Waals surface area contributed by atoms with Crippen molar-refractivity contribution < 1.29 is 0 Å². The van der Waals surface area contributed by atoms with Gasteiger partial charge >= 0.3 is 0 Å². The third-order valence-corrected chi connectivity index (χ3v) is 1.76. The van der Waals surface area contributed by atoms with Crippen LogP contribution in [0.2, 0.25) is 0 Å². The molecule has 4 heteroatoms. The van der Waals surface area contributed by atoms with Gasteiger partial charge in [0.05, 0.1) is 11.6 Å². The van der Waals surface area contributed by atoms with Gasteiger partial charge in [0, 0.05) is 12.7 Å². The molecule has 1 aliphatic rings. The van der Waals surface area contributed by atoms with Crippen molar-refractivity contribution in [3.8, 4) is 0 Å². The number of halogens is 1. The Bertz CT molecular complexity index is 195. The number of allylic oxidation sites excluding steroid dienone is 1. The van der Waals surface area contributed by atoms with E-state index < -0.39 is 0 Å². The summed E-state index contributed by atoms with van der Waals surface area (Å²) in [5, 5.41) is 6.81. The molecule has 0 aromatic heterocycles. The second-order valence-electron chi connectivity index (χ2n) is 2.08. The van der Waals surface area contributed by atoms with Crippen LogP contribution in [-0.2, 0) is 0 Å². The van der Waals surface area contributed by atoms with Crippen molar-refractivity contribution in [1.82, 2.24) is 10.6 Å². The third kappa shape index (κ3) is 1.42. The minimum absolute atomic E-state index is 0.674. The predicted molar refractivity (Wildman–Crippen MR) is 43.1 cm³/mol. The number of nitrogens with zero attached hydrogens (tertiary/aromatic N) is 1. The lowest BCUT2D eigenvalue weighted by Gasteiger charge is -2.18. The predicted octanol–water partition coefficient (Wildman–Crippen LogP) is 0.635. The number of nitrogens with one attached hydrogen (secondary N) is 2. The van der Waals surface area contributed by atoms with Gasteiger partial charge in [-0.1, -0.05) is 11.6 Å². The van der Waals surface area contributed by atoms with Crippen LogP contribution in [0.5, 0.6) is 0 Å². The molecule has 0 aromatic carbocycles. The van der Waals surface area contributed by atoms with Crippen LogP contribution in [0.25, 0.3) is 0 Å². The Balaban J connectivity index is 2.72. The number of guanidine groups is 1.